The molecule has 0 spiro atoms. The van der Waals surface area contributed by atoms with Crippen LogP contribution >= 0.6 is 0 Å². The van der Waals surface area contributed by atoms with E-state index in [2.05, 4.69) is 10.8 Å². The van der Waals surface area contributed by atoms with Crippen LogP contribution in [0, 0.1) is 13.0 Å². The van der Waals surface area contributed by atoms with Gasteiger partial charge in [0.2, 0.25) is 0 Å². The number of aryl methyl sites for hydroxylation is 1. The Bertz CT molecular complexity index is 235. The second-order valence-electron chi connectivity index (χ2n) is 2.11. The Kier molecular flexibility index (Phi) is 2.41. The van der Waals surface area contributed by atoms with Crippen molar-refractivity contribution in [2.24, 2.45) is 0 Å². The molecule has 1 rings (SSSR count). The van der Waals surface area contributed by atoms with Crippen LogP contribution in [0.4, 0.5) is 8.78 Å². The second-order valence-corrected chi connectivity index (χ2v) is 2.11. The van der Waals surface area contributed by atoms with Crippen LogP contribution in [0.5, 0.6) is 5.75 Å². The molecule has 0 aromatic heterocycles. The zero-order valence-electron chi connectivity index (χ0n) is 5.97. The first-order valence-electron chi connectivity index (χ1n) is 3.11. The van der Waals surface area contributed by atoms with Crippen molar-refractivity contribution in [1.29, 1.82) is 0 Å². The molecule has 1 nitrogen and oxygen atoms in total. The maximum absolute atomic E-state index is 11.6. The molecular weight excluding hydrogens is 150 g/mol. The average Bonchev–Trinajstić information content (AvgIpc) is 1.85. The molecule has 1 radical (unpaired) electrons. The highest BCUT2D eigenvalue weighted by Crippen LogP contribution is 2.13. The van der Waals surface area contributed by atoms with Crippen molar-refractivity contribution in [2.45, 2.75) is 13.5 Å². The molecule has 3 heteroatoms. The Labute approximate surface area is 63.6 Å². The maximum atomic E-state index is 11.6. The Morgan fingerprint density at radius 1 is 1.55 bits per heavy atom. The minimum atomic E-state index is -2.77. The number of ether oxygens (including phenoxy) is 1. The Morgan fingerprint density at radius 2 is 2.27 bits per heavy atom. The first-order valence-corrected chi connectivity index (χ1v) is 3.11. The lowest BCUT2D eigenvalue weighted by Gasteiger charge is -2.03. The summed E-state index contributed by atoms with van der Waals surface area (Å²) in [4.78, 5) is 0. The van der Waals surface area contributed by atoms with Gasteiger partial charge >= 0.3 is 6.61 Å². The Morgan fingerprint density at radius 3 is 2.82 bits per heavy atom. The Balaban J connectivity index is 2.71. The summed E-state index contributed by atoms with van der Waals surface area (Å²) in [7, 11) is 0. The lowest BCUT2D eigenvalue weighted by atomic mass is 10.2. The van der Waals surface area contributed by atoms with Crippen LogP contribution in [0.15, 0.2) is 18.2 Å². The quantitative estimate of drug-likeness (QED) is 0.640. The van der Waals surface area contributed by atoms with Gasteiger partial charge in [0.25, 0.3) is 0 Å². The molecule has 0 saturated carbocycles. The number of alkyl halides is 2. The van der Waals surface area contributed by atoms with Gasteiger partial charge in [-0.3, -0.25) is 0 Å². The van der Waals surface area contributed by atoms with Crippen molar-refractivity contribution in [2.75, 3.05) is 0 Å². The number of benzene rings is 1. The fourth-order valence-corrected chi connectivity index (χ4v) is 0.716. The molecule has 0 heterocycles. The van der Waals surface area contributed by atoms with Crippen LogP contribution in [0.1, 0.15) is 5.56 Å². The molecule has 59 valence electrons. The summed E-state index contributed by atoms with van der Waals surface area (Å²) in [5.74, 6) is 0.0833. The standard InChI is InChI=1S/C8H7F2O/c1-6-3-2-4-7(5-6)11-8(9)10/h2-3,5,8H,1H3. The van der Waals surface area contributed by atoms with Gasteiger partial charge < -0.3 is 4.74 Å². The molecule has 0 unspecified atom stereocenters. The van der Waals surface area contributed by atoms with E-state index in [4.69, 9.17) is 0 Å². The predicted octanol–water partition coefficient (Wildman–Crippen LogP) is 2.40. The van der Waals surface area contributed by atoms with Crippen molar-refractivity contribution >= 4 is 0 Å². The van der Waals surface area contributed by atoms with Gasteiger partial charge in [-0.15, -0.1) is 0 Å². The summed E-state index contributed by atoms with van der Waals surface area (Å²) in [5.41, 5.74) is 0.874. The monoisotopic (exact) mass is 157 g/mol. The van der Waals surface area contributed by atoms with Gasteiger partial charge in [0.1, 0.15) is 5.75 Å². The molecule has 0 bridgehead atoms. The molecule has 0 atom stereocenters. The number of hydrogen-bond acceptors (Lipinski definition) is 1. The number of hydrogen-bond donors (Lipinski definition) is 0. The molecule has 1 aromatic carbocycles. The molecule has 1 aromatic rings. The van der Waals surface area contributed by atoms with Crippen LogP contribution in [-0.2, 0) is 0 Å². The first kappa shape index (κ1) is 7.98. The van der Waals surface area contributed by atoms with E-state index >= 15 is 0 Å². The molecule has 0 fully saturated rings. The summed E-state index contributed by atoms with van der Waals surface area (Å²) in [6.45, 7) is -0.973. The zero-order valence-corrected chi connectivity index (χ0v) is 5.97. The highest BCUT2D eigenvalue weighted by molar-refractivity contribution is 5.25. The SMILES string of the molecule is Cc1cc[c]c(OC(F)F)c1. The van der Waals surface area contributed by atoms with Gasteiger partial charge in [0, 0.05) is 6.07 Å². The molecular formula is C8H7F2O. The van der Waals surface area contributed by atoms with Crippen LogP contribution < -0.4 is 4.74 Å². The number of halogens is 2. The van der Waals surface area contributed by atoms with E-state index in [1.165, 1.54) is 6.07 Å². The molecule has 11 heavy (non-hydrogen) atoms. The van der Waals surface area contributed by atoms with Crippen molar-refractivity contribution in [3.8, 4) is 5.75 Å². The van der Waals surface area contributed by atoms with E-state index in [1.54, 1.807) is 19.1 Å². The molecule has 0 amide bonds. The van der Waals surface area contributed by atoms with Crippen molar-refractivity contribution in [3.63, 3.8) is 0 Å². The van der Waals surface area contributed by atoms with E-state index in [0.29, 0.717) is 0 Å². The van der Waals surface area contributed by atoms with E-state index < -0.39 is 6.61 Å². The molecule has 0 aliphatic carbocycles. The molecule has 0 N–H and O–H groups in total. The van der Waals surface area contributed by atoms with Gasteiger partial charge in [-0.1, -0.05) is 12.1 Å². The van der Waals surface area contributed by atoms with Crippen molar-refractivity contribution in [3.05, 3.63) is 29.8 Å². The maximum Gasteiger partial charge on any atom is 0.387 e. The molecule has 0 aliphatic heterocycles. The van der Waals surface area contributed by atoms with Crippen LogP contribution in [0.2, 0.25) is 0 Å². The van der Waals surface area contributed by atoms with Crippen LogP contribution in [-0.4, -0.2) is 6.61 Å². The summed E-state index contributed by atoms with van der Waals surface area (Å²) in [6.07, 6.45) is 0. The fraction of sp³-hybridized carbons (Fsp3) is 0.250. The molecule has 0 saturated heterocycles. The third kappa shape index (κ3) is 2.53. The summed E-state index contributed by atoms with van der Waals surface area (Å²) in [5, 5.41) is 0. The topological polar surface area (TPSA) is 9.23 Å². The second kappa shape index (κ2) is 3.32. The first-order chi connectivity index (χ1) is 5.18. The van der Waals surface area contributed by atoms with Crippen molar-refractivity contribution < 1.29 is 13.5 Å². The van der Waals surface area contributed by atoms with Gasteiger partial charge in [0.05, 0.1) is 0 Å². The lowest BCUT2D eigenvalue weighted by molar-refractivity contribution is -0.0500. The van der Waals surface area contributed by atoms with Gasteiger partial charge in [0.15, 0.2) is 0 Å². The smallest absolute Gasteiger partial charge is 0.387 e. The van der Waals surface area contributed by atoms with E-state index in [9.17, 15) is 8.78 Å². The third-order valence-corrected chi connectivity index (χ3v) is 1.15. The van der Waals surface area contributed by atoms with E-state index in [1.807, 2.05) is 0 Å². The largest absolute Gasteiger partial charge is 0.434 e. The highest BCUT2D eigenvalue weighted by Gasteiger charge is 2.02. The van der Waals surface area contributed by atoms with Gasteiger partial charge in [-0.05, 0) is 18.6 Å². The van der Waals surface area contributed by atoms with Gasteiger partial charge in [-0.2, -0.15) is 8.78 Å². The average molecular weight is 157 g/mol. The number of rotatable bonds is 2. The summed E-state index contributed by atoms with van der Waals surface area (Å²) < 4.78 is 27.3. The minimum absolute atomic E-state index is 0.0833. The van der Waals surface area contributed by atoms with E-state index in [0.717, 1.165) is 5.56 Å². The fourth-order valence-electron chi connectivity index (χ4n) is 0.716. The lowest BCUT2D eigenvalue weighted by Crippen LogP contribution is -2.01. The minimum Gasteiger partial charge on any atom is -0.434 e. The highest BCUT2D eigenvalue weighted by atomic mass is 19.3. The summed E-state index contributed by atoms with van der Waals surface area (Å²) >= 11 is 0. The zero-order chi connectivity index (χ0) is 8.27. The normalized spacial score (nSPS) is 10.2. The summed E-state index contributed by atoms with van der Waals surface area (Å²) in [6, 6.07) is 7.36. The molecule has 0 aliphatic rings. The van der Waals surface area contributed by atoms with E-state index in [-0.39, 0.29) is 5.75 Å². The van der Waals surface area contributed by atoms with Gasteiger partial charge in [-0.25, -0.2) is 0 Å². The Hall–Kier alpha value is -1.12. The van der Waals surface area contributed by atoms with Crippen LogP contribution in [0.3, 0.4) is 0 Å². The van der Waals surface area contributed by atoms with Crippen LogP contribution in [0.25, 0.3) is 0 Å². The van der Waals surface area contributed by atoms with Crippen molar-refractivity contribution in [1.82, 2.24) is 0 Å². The predicted molar refractivity (Wildman–Crippen MR) is 36.6 cm³/mol. The third-order valence-electron chi connectivity index (χ3n) is 1.15.